The van der Waals surface area contributed by atoms with Crippen molar-refractivity contribution in [3.05, 3.63) is 60.0 Å². The summed E-state index contributed by atoms with van der Waals surface area (Å²) >= 11 is 0. The number of fused-ring (bicyclic) bond motifs is 1. The molecule has 3 N–H and O–H groups in total. The number of amides is 1. The average molecular weight is 355 g/mol. The Kier molecular flexibility index (Phi) is 5.35. The van der Waals surface area contributed by atoms with E-state index in [0.717, 1.165) is 22.0 Å². The van der Waals surface area contributed by atoms with Gasteiger partial charge in [0.05, 0.1) is 6.10 Å². The van der Waals surface area contributed by atoms with Gasteiger partial charge < -0.3 is 20.3 Å². The van der Waals surface area contributed by atoms with Crippen molar-refractivity contribution in [2.24, 2.45) is 0 Å². The number of aliphatic hydroxyl groups is 1. The number of carbonyl (C=O) groups excluding carboxylic acids is 1. The fourth-order valence-corrected chi connectivity index (χ4v) is 2.94. The highest BCUT2D eigenvalue weighted by Gasteiger charge is 2.11. The summed E-state index contributed by atoms with van der Waals surface area (Å²) in [5.74, 6) is -0.510. The Labute approximate surface area is 151 Å². The van der Waals surface area contributed by atoms with Gasteiger partial charge in [0.2, 0.25) is 0 Å². The van der Waals surface area contributed by atoms with Crippen LogP contribution in [0.2, 0.25) is 0 Å². The predicted octanol–water partition coefficient (Wildman–Crippen LogP) is 2.63. The molecule has 0 fully saturated rings. The van der Waals surface area contributed by atoms with Gasteiger partial charge in [-0.1, -0.05) is 12.1 Å². The first-order valence-corrected chi connectivity index (χ1v) is 8.42. The molecule has 2 aromatic carbocycles. The molecule has 1 heterocycles. The maximum absolute atomic E-state index is 13.3. The summed E-state index contributed by atoms with van der Waals surface area (Å²) in [6.45, 7) is 0.688. The van der Waals surface area contributed by atoms with E-state index in [1.165, 1.54) is 12.1 Å². The molecule has 26 heavy (non-hydrogen) atoms. The highest BCUT2D eigenvalue weighted by molar-refractivity contribution is 5.97. The Bertz CT molecular complexity index is 903. The number of benzene rings is 2. The van der Waals surface area contributed by atoms with Gasteiger partial charge in [-0.15, -0.1) is 0 Å². The normalized spacial score (nSPS) is 12.5. The van der Waals surface area contributed by atoms with Crippen molar-refractivity contribution < 1.29 is 14.3 Å². The summed E-state index contributed by atoms with van der Waals surface area (Å²) in [6, 6.07) is 11.8. The second-order valence-electron chi connectivity index (χ2n) is 6.60. The molecule has 1 unspecified atom stereocenters. The minimum absolute atomic E-state index is 0.201. The van der Waals surface area contributed by atoms with Crippen LogP contribution in [0.1, 0.15) is 10.4 Å². The summed E-state index contributed by atoms with van der Waals surface area (Å²) in [4.78, 5) is 17.1. The fourth-order valence-electron chi connectivity index (χ4n) is 2.94. The first-order valence-electron chi connectivity index (χ1n) is 8.42. The molecule has 1 atom stereocenters. The zero-order chi connectivity index (χ0) is 18.7. The number of aromatic amines is 1. The smallest absolute Gasteiger partial charge is 0.251 e. The zero-order valence-electron chi connectivity index (χ0n) is 14.8. The molecule has 0 aliphatic carbocycles. The van der Waals surface area contributed by atoms with E-state index in [4.69, 9.17) is 0 Å². The van der Waals surface area contributed by atoms with E-state index >= 15 is 0 Å². The van der Waals surface area contributed by atoms with Crippen molar-refractivity contribution in [3.63, 3.8) is 0 Å². The summed E-state index contributed by atoms with van der Waals surface area (Å²) < 4.78 is 13.3. The SMILES string of the molecule is CN(C)CC(O)CNC(=O)c1ccc(-c2c[nH]c3cc(F)ccc23)cc1. The molecule has 136 valence electrons. The number of rotatable bonds is 6. The minimum Gasteiger partial charge on any atom is -0.390 e. The lowest BCUT2D eigenvalue weighted by atomic mass is 10.0. The predicted molar refractivity (Wildman–Crippen MR) is 101 cm³/mol. The third-order valence-electron chi connectivity index (χ3n) is 4.18. The second-order valence-corrected chi connectivity index (χ2v) is 6.60. The van der Waals surface area contributed by atoms with E-state index in [-0.39, 0.29) is 18.3 Å². The van der Waals surface area contributed by atoms with Gasteiger partial charge in [0, 0.05) is 41.3 Å². The number of halogens is 1. The molecule has 6 heteroatoms. The number of nitrogens with one attached hydrogen (secondary N) is 2. The van der Waals surface area contributed by atoms with Crippen molar-refractivity contribution in [3.8, 4) is 11.1 Å². The molecular weight excluding hydrogens is 333 g/mol. The van der Waals surface area contributed by atoms with Crippen LogP contribution in [-0.4, -0.2) is 54.2 Å². The lowest BCUT2D eigenvalue weighted by Crippen LogP contribution is -2.37. The van der Waals surface area contributed by atoms with Gasteiger partial charge in [0.15, 0.2) is 0 Å². The monoisotopic (exact) mass is 355 g/mol. The fraction of sp³-hybridized carbons (Fsp3) is 0.250. The van der Waals surface area contributed by atoms with Crippen LogP contribution in [0.15, 0.2) is 48.7 Å². The standard InChI is InChI=1S/C20H22FN3O2/c1-24(2)12-16(25)10-23-20(26)14-5-3-13(4-6-14)18-11-22-19-9-15(21)7-8-17(18)19/h3-9,11,16,22,25H,10,12H2,1-2H3,(H,23,26). The van der Waals surface area contributed by atoms with Gasteiger partial charge in [-0.05, 0) is 50.0 Å². The summed E-state index contributed by atoms with van der Waals surface area (Å²) in [5.41, 5.74) is 3.15. The largest absolute Gasteiger partial charge is 0.390 e. The maximum Gasteiger partial charge on any atom is 0.251 e. The molecule has 0 saturated heterocycles. The zero-order valence-corrected chi connectivity index (χ0v) is 14.8. The van der Waals surface area contributed by atoms with Gasteiger partial charge in [-0.25, -0.2) is 4.39 Å². The Hall–Kier alpha value is -2.70. The van der Waals surface area contributed by atoms with Crippen LogP contribution in [0.5, 0.6) is 0 Å². The van der Waals surface area contributed by atoms with Crippen molar-refractivity contribution in [1.29, 1.82) is 0 Å². The number of likely N-dealkylation sites (N-methyl/N-ethyl adjacent to an activating group) is 1. The van der Waals surface area contributed by atoms with Crippen molar-refractivity contribution in [2.75, 3.05) is 27.2 Å². The Morgan fingerprint density at radius 1 is 1.23 bits per heavy atom. The van der Waals surface area contributed by atoms with E-state index in [9.17, 15) is 14.3 Å². The van der Waals surface area contributed by atoms with E-state index in [0.29, 0.717) is 12.1 Å². The van der Waals surface area contributed by atoms with Gasteiger partial charge in [-0.2, -0.15) is 0 Å². The summed E-state index contributed by atoms with van der Waals surface area (Å²) in [7, 11) is 3.73. The summed E-state index contributed by atoms with van der Waals surface area (Å²) in [6.07, 6.45) is 1.22. The number of nitrogens with zero attached hydrogens (tertiary/aromatic N) is 1. The van der Waals surface area contributed by atoms with Gasteiger partial charge in [0.25, 0.3) is 5.91 Å². The highest BCUT2D eigenvalue weighted by atomic mass is 19.1. The van der Waals surface area contributed by atoms with Crippen LogP contribution >= 0.6 is 0 Å². The number of aliphatic hydroxyl groups excluding tert-OH is 1. The second kappa shape index (κ2) is 7.68. The Balaban J connectivity index is 1.70. The molecule has 0 radical (unpaired) electrons. The molecule has 1 amide bonds. The van der Waals surface area contributed by atoms with E-state index in [2.05, 4.69) is 10.3 Å². The molecule has 5 nitrogen and oxygen atoms in total. The third-order valence-corrected chi connectivity index (χ3v) is 4.18. The minimum atomic E-state index is -0.611. The van der Waals surface area contributed by atoms with Crippen molar-refractivity contribution in [2.45, 2.75) is 6.10 Å². The molecule has 3 rings (SSSR count). The molecule has 0 spiro atoms. The molecule has 0 aliphatic heterocycles. The molecule has 0 saturated carbocycles. The highest BCUT2D eigenvalue weighted by Crippen LogP contribution is 2.29. The Morgan fingerprint density at radius 3 is 2.65 bits per heavy atom. The molecule has 0 bridgehead atoms. The number of hydrogen-bond acceptors (Lipinski definition) is 3. The number of H-pyrrole nitrogens is 1. The van der Waals surface area contributed by atoms with E-state index < -0.39 is 6.10 Å². The van der Waals surface area contributed by atoms with Crippen molar-refractivity contribution >= 4 is 16.8 Å². The molecular formula is C20H22FN3O2. The number of aromatic nitrogens is 1. The lowest BCUT2D eigenvalue weighted by Gasteiger charge is -2.16. The number of hydrogen-bond donors (Lipinski definition) is 3. The Morgan fingerprint density at radius 2 is 1.96 bits per heavy atom. The van der Waals surface area contributed by atoms with E-state index in [1.54, 1.807) is 18.2 Å². The molecule has 1 aromatic heterocycles. The first kappa shape index (κ1) is 18.1. The van der Waals surface area contributed by atoms with E-state index in [1.807, 2.05) is 37.3 Å². The summed E-state index contributed by atoms with van der Waals surface area (Å²) in [5, 5.41) is 13.5. The van der Waals surface area contributed by atoms with Crippen LogP contribution < -0.4 is 5.32 Å². The van der Waals surface area contributed by atoms with Crippen LogP contribution in [0.25, 0.3) is 22.0 Å². The van der Waals surface area contributed by atoms with Crippen LogP contribution in [0.3, 0.4) is 0 Å². The maximum atomic E-state index is 13.3. The average Bonchev–Trinajstić information content (AvgIpc) is 3.02. The van der Waals surface area contributed by atoms with Crippen LogP contribution in [-0.2, 0) is 0 Å². The lowest BCUT2D eigenvalue weighted by molar-refractivity contribution is 0.0892. The van der Waals surface area contributed by atoms with Crippen molar-refractivity contribution in [1.82, 2.24) is 15.2 Å². The first-order chi connectivity index (χ1) is 12.4. The van der Waals surface area contributed by atoms with Crippen LogP contribution in [0, 0.1) is 5.82 Å². The molecule has 0 aliphatic rings. The quantitative estimate of drug-likeness (QED) is 0.637. The number of carbonyl (C=O) groups is 1. The van der Waals surface area contributed by atoms with Gasteiger partial charge in [-0.3, -0.25) is 4.79 Å². The topological polar surface area (TPSA) is 68.4 Å². The van der Waals surface area contributed by atoms with Gasteiger partial charge >= 0.3 is 0 Å². The third kappa shape index (κ3) is 4.09. The van der Waals surface area contributed by atoms with Crippen LogP contribution in [0.4, 0.5) is 4.39 Å². The molecule has 3 aromatic rings. The van der Waals surface area contributed by atoms with Gasteiger partial charge in [0.1, 0.15) is 5.82 Å².